The maximum atomic E-state index is 13.0. The Kier molecular flexibility index (Phi) is 18.0. The van der Waals surface area contributed by atoms with Gasteiger partial charge in [0.05, 0.1) is 6.07 Å². The van der Waals surface area contributed by atoms with E-state index in [9.17, 15) is 13.7 Å². The zero-order valence-electron chi connectivity index (χ0n) is 18.9. The standard InChI is InChI=1S/C23H46N2O2S/c1-4-7-9-11-13-15-17-20-25(21-18-16-14-12-10-8-5-2)28(26,27)23(22-24)19-6-3/h23H,4-21H2,1-3H3. The van der Waals surface area contributed by atoms with Crippen molar-refractivity contribution in [1.29, 1.82) is 5.26 Å². The lowest BCUT2D eigenvalue weighted by molar-refractivity contribution is 0.379. The lowest BCUT2D eigenvalue weighted by atomic mass is 10.1. The van der Waals surface area contributed by atoms with E-state index in [4.69, 9.17) is 0 Å². The summed E-state index contributed by atoms with van der Waals surface area (Å²) in [6.07, 6.45) is 17.6. The van der Waals surface area contributed by atoms with Crippen molar-refractivity contribution in [2.24, 2.45) is 0 Å². The zero-order valence-corrected chi connectivity index (χ0v) is 19.7. The van der Waals surface area contributed by atoms with Crippen molar-refractivity contribution in [3.63, 3.8) is 0 Å². The van der Waals surface area contributed by atoms with Crippen molar-refractivity contribution in [1.82, 2.24) is 4.31 Å². The van der Waals surface area contributed by atoms with Crippen LogP contribution in [0.25, 0.3) is 0 Å². The second kappa shape index (κ2) is 18.4. The van der Waals surface area contributed by atoms with Crippen molar-refractivity contribution in [3.8, 4) is 6.07 Å². The Morgan fingerprint density at radius 2 is 1.07 bits per heavy atom. The number of nitrogens with zero attached hydrogens (tertiary/aromatic N) is 2. The summed E-state index contributed by atoms with van der Waals surface area (Å²) >= 11 is 0. The molecular weight excluding hydrogens is 368 g/mol. The minimum atomic E-state index is -3.51. The van der Waals surface area contributed by atoms with Crippen molar-refractivity contribution in [2.45, 2.75) is 129 Å². The number of hydrogen-bond acceptors (Lipinski definition) is 3. The van der Waals surface area contributed by atoms with Crippen LogP contribution in [0.15, 0.2) is 0 Å². The predicted octanol–water partition coefficient (Wildman–Crippen LogP) is 6.81. The molecule has 0 saturated heterocycles. The highest BCUT2D eigenvalue weighted by atomic mass is 32.2. The quantitative estimate of drug-likeness (QED) is 0.205. The second-order valence-corrected chi connectivity index (χ2v) is 10.2. The summed E-state index contributed by atoms with van der Waals surface area (Å²) in [5.74, 6) is 0. The molecule has 0 aliphatic carbocycles. The van der Waals surface area contributed by atoms with Crippen LogP contribution in [0.2, 0.25) is 0 Å². The maximum absolute atomic E-state index is 13.0. The van der Waals surface area contributed by atoms with Gasteiger partial charge in [0.25, 0.3) is 0 Å². The van der Waals surface area contributed by atoms with Gasteiger partial charge in [-0.3, -0.25) is 0 Å². The SMILES string of the molecule is CCCCCCCCCN(CCCCCCCCC)S(=O)(=O)C(C#N)CCC. The van der Waals surface area contributed by atoms with E-state index in [1.165, 1.54) is 64.2 Å². The van der Waals surface area contributed by atoms with Crippen LogP contribution in [0.5, 0.6) is 0 Å². The van der Waals surface area contributed by atoms with Crippen LogP contribution in [0.1, 0.15) is 124 Å². The Morgan fingerprint density at radius 3 is 1.43 bits per heavy atom. The van der Waals surface area contributed by atoms with Gasteiger partial charge in [-0.15, -0.1) is 0 Å². The molecule has 0 amide bonds. The Balaban J connectivity index is 4.51. The van der Waals surface area contributed by atoms with E-state index in [-0.39, 0.29) is 0 Å². The molecule has 0 aromatic heterocycles. The Labute approximate surface area is 176 Å². The van der Waals surface area contributed by atoms with Gasteiger partial charge in [0.2, 0.25) is 10.0 Å². The molecule has 166 valence electrons. The van der Waals surface area contributed by atoms with Gasteiger partial charge in [-0.05, 0) is 19.3 Å². The molecule has 0 rings (SSSR count). The summed E-state index contributed by atoms with van der Waals surface area (Å²) in [4.78, 5) is 0. The monoisotopic (exact) mass is 414 g/mol. The van der Waals surface area contributed by atoms with Crippen LogP contribution < -0.4 is 0 Å². The Morgan fingerprint density at radius 1 is 0.679 bits per heavy atom. The van der Waals surface area contributed by atoms with Gasteiger partial charge >= 0.3 is 0 Å². The number of hydrogen-bond donors (Lipinski definition) is 0. The smallest absolute Gasteiger partial charge is 0.211 e. The third-order valence-electron chi connectivity index (χ3n) is 5.44. The van der Waals surface area contributed by atoms with E-state index in [0.717, 1.165) is 32.1 Å². The average molecular weight is 415 g/mol. The molecule has 0 spiro atoms. The molecule has 0 N–H and O–H groups in total. The molecule has 5 heteroatoms. The number of unbranched alkanes of at least 4 members (excludes halogenated alkanes) is 12. The van der Waals surface area contributed by atoms with Crippen LogP contribution in [0, 0.1) is 11.3 Å². The molecule has 1 unspecified atom stereocenters. The molecule has 0 fully saturated rings. The van der Waals surface area contributed by atoms with Crippen LogP contribution in [0.4, 0.5) is 0 Å². The first-order valence-corrected chi connectivity index (χ1v) is 13.4. The van der Waals surface area contributed by atoms with Crippen LogP contribution in [-0.4, -0.2) is 31.1 Å². The van der Waals surface area contributed by atoms with Crippen LogP contribution in [0.3, 0.4) is 0 Å². The largest absolute Gasteiger partial charge is 0.230 e. The van der Waals surface area contributed by atoms with Crippen molar-refractivity contribution in [2.75, 3.05) is 13.1 Å². The Hall–Kier alpha value is -0.600. The number of nitriles is 1. The van der Waals surface area contributed by atoms with Crippen molar-refractivity contribution in [3.05, 3.63) is 0 Å². The van der Waals surface area contributed by atoms with E-state index in [2.05, 4.69) is 13.8 Å². The fraction of sp³-hybridized carbons (Fsp3) is 0.957. The normalized spacial score (nSPS) is 13.0. The fourth-order valence-corrected chi connectivity index (χ4v) is 5.37. The predicted molar refractivity (Wildman–Crippen MR) is 121 cm³/mol. The molecule has 1 atom stereocenters. The van der Waals surface area contributed by atoms with Gasteiger partial charge in [0.15, 0.2) is 5.25 Å². The zero-order chi connectivity index (χ0) is 21.1. The fourth-order valence-electron chi connectivity index (χ4n) is 3.58. The lowest BCUT2D eigenvalue weighted by Gasteiger charge is -2.24. The van der Waals surface area contributed by atoms with Crippen molar-refractivity contribution < 1.29 is 8.42 Å². The highest BCUT2D eigenvalue weighted by molar-refractivity contribution is 7.90. The molecular formula is C23H46N2O2S. The second-order valence-electron chi connectivity index (χ2n) is 8.09. The van der Waals surface area contributed by atoms with E-state index in [1.807, 2.05) is 13.0 Å². The lowest BCUT2D eigenvalue weighted by Crippen LogP contribution is -2.39. The molecule has 4 nitrogen and oxygen atoms in total. The van der Waals surface area contributed by atoms with Crippen LogP contribution in [-0.2, 0) is 10.0 Å². The molecule has 0 saturated carbocycles. The first-order valence-electron chi connectivity index (χ1n) is 11.9. The minimum Gasteiger partial charge on any atom is -0.211 e. The number of rotatable bonds is 20. The summed E-state index contributed by atoms with van der Waals surface area (Å²) in [6, 6.07) is 2.04. The molecule has 0 aliphatic rings. The Bertz CT molecular complexity index is 467. The summed E-state index contributed by atoms with van der Waals surface area (Å²) in [5, 5.41) is 8.49. The van der Waals surface area contributed by atoms with E-state index >= 15 is 0 Å². The third-order valence-corrected chi connectivity index (χ3v) is 7.58. The van der Waals surface area contributed by atoms with Crippen molar-refractivity contribution >= 4 is 10.0 Å². The number of sulfonamides is 1. The molecule has 0 heterocycles. The molecule has 0 radical (unpaired) electrons. The van der Waals surface area contributed by atoms with Gasteiger partial charge in [0.1, 0.15) is 0 Å². The molecule has 0 aromatic rings. The maximum Gasteiger partial charge on any atom is 0.230 e. The summed E-state index contributed by atoms with van der Waals surface area (Å²) < 4.78 is 27.6. The first kappa shape index (κ1) is 27.4. The highest BCUT2D eigenvalue weighted by Gasteiger charge is 2.30. The van der Waals surface area contributed by atoms with E-state index < -0.39 is 15.3 Å². The van der Waals surface area contributed by atoms with Crippen LogP contribution >= 0.6 is 0 Å². The summed E-state index contributed by atoms with van der Waals surface area (Å²) in [7, 11) is -3.51. The van der Waals surface area contributed by atoms with E-state index in [0.29, 0.717) is 19.5 Å². The first-order chi connectivity index (χ1) is 13.5. The molecule has 28 heavy (non-hydrogen) atoms. The summed E-state index contributed by atoms with van der Waals surface area (Å²) in [6.45, 7) is 7.53. The van der Waals surface area contributed by atoms with Gasteiger partial charge in [-0.25, -0.2) is 12.7 Å². The molecule has 0 aliphatic heterocycles. The van der Waals surface area contributed by atoms with Gasteiger partial charge < -0.3 is 0 Å². The third kappa shape index (κ3) is 12.8. The minimum absolute atomic E-state index is 0.434. The van der Waals surface area contributed by atoms with Gasteiger partial charge in [0, 0.05) is 13.1 Å². The van der Waals surface area contributed by atoms with Gasteiger partial charge in [-0.1, -0.05) is 104 Å². The summed E-state index contributed by atoms with van der Waals surface area (Å²) in [5.41, 5.74) is 0. The molecule has 0 bridgehead atoms. The average Bonchev–Trinajstić information content (AvgIpc) is 2.68. The van der Waals surface area contributed by atoms with Gasteiger partial charge in [-0.2, -0.15) is 5.26 Å². The van der Waals surface area contributed by atoms with E-state index in [1.54, 1.807) is 4.31 Å². The topological polar surface area (TPSA) is 61.2 Å². The highest BCUT2D eigenvalue weighted by Crippen LogP contribution is 2.18. The molecule has 0 aromatic carbocycles.